The van der Waals surface area contributed by atoms with Gasteiger partial charge in [0.15, 0.2) is 0 Å². The van der Waals surface area contributed by atoms with E-state index in [1.165, 1.54) is 18.2 Å². The quantitative estimate of drug-likeness (QED) is 0.304. The van der Waals surface area contributed by atoms with E-state index in [2.05, 4.69) is 32.4 Å². The van der Waals surface area contributed by atoms with Gasteiger partial charge in [-0.05, 0) is 57.0 Å². The molecule has 0 saturated heterocycles. The number of fused-ring (bicyclic) bond motifs is 1. The molecule has 1 unspecified atom stereocenters. The molecule has 196 valence electrons. The van der Waals surface area contributed by atoms with Crippen molar-refractivity contribution < 1.29 is 18.7 Å². The first kappa shape index (κ1) is 26.8. The zero-order chi connectivity index (χ0) is 26.4. The molecule has 1 saturated carbocycles. The second kappa shape index (κ2) is 12.3. The SMILES string of the molecule is COCC(C)N(C)CC=CC(=O)Nc1cc2cnc(Nc3ccc(F)c(Cl)c3)nc2cc1OCC1CC1. The van der Waals surface area contributed by atoms with Gasteiger partial charge in [-0.2, -0.15) is 0 Å². The lowest BCUT2D eigenvalue weighted by Gasteiger charge is -2.22. The summed E-state index contributed by atoms with van der Waals surface area (Å²) in [7, 11) is 3.65. The summed E-state index contributed by atoms with van der Waals surface area (Å²) < 4.78 is 24.7. The highest BCUT2D eigenvalue weighted by atomic mass is 35.5. The van der Waals surface area contributed by atoms with Crippen LogP contribution in [0.25, 0.3) is 10.9 Å². The summed E-state index contributed by atoms with van der Waals surface area (Å²) in [4.78, 5) is 23.7. The van der Waals surface area contributed by atoms with Crippen LogP contribution in [0.4, 0.5) is 21.7 Å². The average Bonchev–Trinajstić information content (AvgIpc) is 3.70. The predicted molar refractivity (Wildman–Crippen MR) is 144 cm³/mol. The maximum Gasteiger partial charge on any atom is 0.248 e. The van der Waals surface area contributed by atoms with Crippen LogP contribution in [0.3, 0.4) is 0 Å². The smallest absolute Gasteiger partial charge is 0.248 e. The van der Waals surface area contributed by atoms with Crippen molar-refractivity contribution in [3.05, 3.63) is 59.5 Å². The molecule has 1 heterocycles. The molecule has 1 aliphatic rings. The third kappa shape index (κ3) is 7.61. The minimum atomic E-state index is -0.499. The number of halogens is 2. The van der Waals surface area contributed by atoms with Gasteiger partial charge in [0, 0.05) is 49.1 Å². The summed E-state index contributed by atoms with van der Waals surface area (Å²) in [6.45, 7) is 3.88. The van der Waals surface area contributed by atoms with Crippen molar-refractivity contribution in [2.75, 3.05) is 44.5 Å². The Morgan fingerprint density at radius 1 is 1.32 bits per heavy atom. The third-order valence-electron chi connectivity index (χ3n) is 6.11. The van der Waals surface area contributed by atoms with Crippen molar-refractivity contribution in [2.45, 2.75) is 25.8 Å². The number of hydrogen-bond acceptors (Lipinski definition) is 7. The molecule has 3 aromatic rings. The molecule has 37 heavy (non-hydrogen) atoms. The Bertz CT molecular complexity index is 1280. The first-order valence-corrected chi connectivity index (χ1v) is 12.5. The van der Waals surface area contributed by atoms with Crippen molar-refractivity contribution in [3.8, 4) is 5.75 Å². The first-order chi connectivity index (χ1) is 17.8. The van der Waals surface area contributed by atoms with Crippen LogP contribution in [-0.4, -0.2) is 60.7 Å². The maximum atomic E-state index is 13.5. The van der Waals surface area contributed by atoms with Gasteiger partial charge in [-0.15, -0.1) is 0 Å². The van der Waals surface area contributed by atoms with E-state index in [0.29, 0.717) is 54.3 Å². The number of carbonyl (C=O) groups excluding carboxylic acids is 1. The summed E-state index contributed by atoms with van der Waals surface area (Å²) in [6.07, 6.45) is 7.27. The molecule has 0 aliphatic heterocycles. The fourth-order valence-electron chi connectivity index (χ4n) is 3.58. The van der Waals surface area contributed by atoms with E-state index in [1.54, 1.807) is 31.5 Å². The highest BCUT2D eigenvalue weighted by molar-refractivity contribution is 6.31. The Labute approximate surface area is 220 Å². The normalized spacial score (nSPS) is 14.3. The summed E-state index contributed by atoms with van der Waals surface area (Å²) in [5, 5.41) is 6.70. The topological polar surface area (TPSA) is 88.6 Å². The predicted octanol–water partition coefficient (Wildman–Crippen LogP) is 5.42. The lowest BCUT2D eigenvalue weighted by Crippen LogP contribution is -2.32. The Kier molecular flexibility index (Phi) is 8.91. The number of carbonyl (C=O) groups is 1. The second-order valence-electron chi connectivity index (χ2n) is 9.24. The molecule has 1 fully saturated rings. The van der Waals surface area contributed by atoms with E-state index in [9.17, 15) is 9.18 Å². The zero-order valence-electron chi connectivity index (χ0n) is 21.1. The molecule has 0 spiro atoms. The van der Waals surface area contributed by atoms with Gasteiger partial charge in [0.05, 0.1) is 29.4 Å². The van der Waals surface area contributed by atoms with E-state index in [4.69, 9.17) is 21.1 Å². The number of benzene rings is 2. The van der Waals surface area contributed by atoms with Crippen molar-refractivity contribution in [3.63, 3.8) is 0 Å². The van der Waals surface area contributed by atoms with Gasteiger partial charge in [-0.25, -0.2) is 14.4 Å². The summed E-state index contributed by atoms with van der Waals surface area (Å²) in [5.74, 6) is 0.656. The van der Waals surface area contributed by atoms with Crippen molar-refractivity contribution in [1.82, 2.24) is 14.9 Å². The molecular weight excluding hydrogens is 497 g/mol. The first-order valence-electron chi connectivity index (χ1n) is 12.1. The Balaban J connectivity index is 1.50. The molecule has 0 bridgehead atoms. The van der Waals surface area contributed by atoms with Gasteiger partial charge in [0.1, 0.15) is 11.6 Å². The van der Waals surface area contributed by atoms with Crippen molar-refractivity contribution >= 4 is 45.7 Å². The van der Waals surface area contributed by atoms with Crippen LogP contribution in [0, 0.1) is 11.7 Å². The van der Waals surface area contributed by atoms with Gasteiger partial charge >= 0.3 is 0 Å². The van der Waals surface area contributed by atoms with Crippen LogP contribution < -0.4 is 15.4 Å². The number of likely N-dealkylation sites (N-methyl/N-ethyl adjacent to an activating group) is 1. The van der Waals surface area contributed by atoms with E-state index in [1.807, 2.05) is 13.1 Å². The van der Waals surface area contributed by atoms with Gasteiger partial charge in [-0.1, -0.05) is 17.7 Å². The number of anilines is 3. The van der Waals surface area contributed by atoms with Crippen LogP contribution in [0.15, 0.2) is 48.7 Å². The van der Waals surface area contributed by atoms with Crippen LogP contribution in [0.1, 0.15) is 19.8 Å². The number of nitrogens with one attached hydrogen (secondary N) is 2. The lowest BCUT2D eigenvalue weighted by atomic mass is 10.2. The monoisotopic (exact) mass is 527 g/mol. The molecule has 1 amide bonds. The zero-order valence-corrected chi connectivity index (χ0v) is 21.9. The van der Waals surface area contributed by atoms with E-state index < -0.39 is 5.82 Å². The molecule has 2 N–H and O–H groups in total. The highest BCUT2D eigenvalue weighted by Crippen LogP contribution is 2.34. The van der Waals surface area contributed by atoms with Crippen molar-refractivity contribution in [2.24, 2.45) is 5.92 Å². The van der Waals surface area contributed by atoms with Gasteiger partial charge in [0.25, 0.3) is 0 Å². The number of rotatable bonds is 12. The molecule has 10 heteroatoms. The largest absolute Gasteiger partial charge is 0.491 e. The minimum Gasteiger partial charge on any atom is -0.491 e. The fourth-order valence-corrected chi connectivity index (χ4v) is 3.76. The minimum absolute atomic E-state index is 0.00659. The highest BCUT2D eigenvalue weighted by Gasteiger charge is 2.23. The van der Waals surface area contributed by atoms with Gasteiger partial charge in [0.2, 0.25) is 11.9 Å². The van der Waals surface area contributed by atoms with Crippen LogP contribution >= 0.6 is 11.6 Å². The molecule has 8 nitrogen and oxygen atoms in total. The summed E-state index contributed by atoms with van der Waals surface area (Å²) in [6, 6.07) is 8.13. The number of hydrogen-bond donors (Lipinski definition) is 2. The lowest BCUT2D eigenvalue weighted by molar-refractivity contribution is -0.111. The summed E-state index contributed by atoms with van der Waals surface area (Å²) >= 11 is 5.87. The average molecular weight is 528 g/mol. The second-order valence-corrected chi connectivity index (χ2v) is 9.65. The molecule has 1 aromatic heterocycles. The number of aromatic nitrogens is 2. The molecular formula is C27H31ClFN5O3. The van der Waals surface area contributed by atoms with E-state index >= 15 is 0 Å². The Hall–Kier alpha value is -3.27. The number of amides is 1. The standard InChI is InChI=1S/C27H31ClFN5O3/c1-17(15-36-3)34(2)10-4-5-26(35)32-24-11-19-14-30-27(31-20-8-9-22(29)21(28)12-20)33-23(19)13-25(24)37-16-18-6-7-18/h4-5,8-9,11-14,17-18H,6-7,10,15-16H2,1-3H3,(H,32,35)(H,30,31,33). The Morgan fingerprint density at radius 2 is 2.14 bits per heavy atom. The van der Waals surface area contributed by atoms with Crippen LogP contribution in [-0.2, 0) is 9.53 Å². The Morgan fingerprint density at radius 3 is 2.86 bits per heavy atom. The van der Waals surface area contributed by atoms with E-state index in [0.717, 1.165) is 18.2 Å². The number of nitrogens with zero attached hydrogens (tertiary/aromatic N) is 3. The molecule has 1 atom stereocenters. The van der Waals surface area contributed by atoms with Crippen LogP contribution in [0.2, 0.25) is 5.02 Å². The fraction of sp³-hybridized carbons (Fsp3) is 0.370. The van der Waals surface area contributed by atoms with E-state index in [-0.39, 0.29) is 17.0 Å². The molecule has 0 radical (unpaired) electrons. The third-order valence-corrected chi connectivity index (χ3v) is 6.40. The van der Waals surface area contributed by atoms with Gasteiger partial charge in [-0.3, -0.25) is 9.69 Å². The molecule has 4 rings (SSSR count). The van der Waals surface area contributed by atoms with Gasteiger partial charge < -0.3 is 20.1 Å². The maximum absolute atomic E-state index is 13.5. The number of ether oxygens (including phenoxy) is 2. The molecule has 2 aromatic carbocycles. The van der Waals surface area contributed by atoms with Crippen molar-refractivity contribution in [1.29, 1.82) is 0 Å². The summed E-state index contributed by atoms with van der Waals surface area (Å²) in [5.41, 5.74) is 1.76. The van der Waals surface area contributed by atoms with Crippen LogP contribution in [0.5, 0.6) is 5.75 Å². The number of methoxy groups -OCH3 is 1. The molecule has 1 aliphatic carbocycles.